The molecule has 1 saturated heterocycles. The molecule has 2 N–H and O–H groups in total. The smallest absolute Gasteiger partial charge is 0.259 e. The molecule has 0 radical (unpaired) electrons. The van der Waals surface area contributed by atoms with Gasteiger partial charge in [-0.05, 0) is 57.1 Å². The number of pyridine rings is 1. The number of benzene rings is 1. The number of fused-ring (bicyclic) bond motifs is 3. The van der Waals surface area contributed by atoms with Crippen molar-refractivity contribution in [2.24, 2.45) is 9.98 Å². The van der Waals surface area contributed by atoms with E-state index in [9.17, 15) is 9.90 Å². The molecule has 2 aromatic rings. The molecule has 1 aromatic carbocycles. The minimum Gasteiger partial charge on any atom is -0.491 e. The molecule has 1 aromatic heterocycles. The molecule has 1 atom stereocenters. The van der Waals surface area contributed by atoms with Crippen molar-refractivity contribution in [3.63, 3.8) is 0 Å². The molecule has 0 unspecified atom stereocenters. The standard InChI is InChI=1S/C26H32N6O4/c1-17-19(7-6-10-27-17)25(34)30-26-29-22-20(24-28-11-14-32(24)26)8-9-21(23(22)35-2)36-16-18(33)15-31-12-4-3-5-13-31/h6-10,18,33H,3-5,11-16H2,1-2H3,(H,29,30,34)/t18-/m0/s1. The Morgan fingerprint density at radius 3 is 2.81 bits per heavy atom. The highest BCUT2D eigenvalue weighted by Crippen LogP contribution is 2.43. The molecule has 1 fully saturated rings. The van der Waals surface area contributed by atoms with Crippen molar-refractivity contribution < 1.29 is 19.4 Å². The topological polar surface area (TPSA) is 112 Å². The summed E-state index contributed by atoms with van der Waals surface area (Å²) in [5.74, 6) is 1.75. The maximum absolute atomic E-state index is 13.0. The summed E-state index contributed by atoms with van der Waals surface area (Å²) in [5.41, 5.74) is 2.46. The van der Waals surface area contributed by atoms with Gasteiger partial charge in [-0.15, -0.1) is 0 Å². The molecule has 3 aliphatic rings. The zero-order chi connectivity index (χ0) is 25.1. The Kier molecular flexibility index (Phi) is 7.15. The Labute approximate surface area is 210 Å². The lowest BCUT2D eigenvalue weighted by molar-refractivity contribution is 0.0608. The zero-order valence-electron chi connectivity index (χ0n) is 20.7. The molecular formula is C26H32N6O4. The lowest BCUT2D eigenvalue weighted by Crippen LogP contribution is -2.47. The van der Waals surface area contributed by atoms with Crippen LogP contribution < -0.4 is 14.8 Å². The first-order chi connectivity index (χ1) is 17.5. The van der Waals surface area contributed by atoms with Gasteiger partial charge in [0.05, 0.1) is 19.2 Å². The van der Waals surface area contributed by atoms with E-state index in [0.29, 0.717) is 54.0 Å². The fraction of sp³-hybridized carbons (Fsp3) is 0.462. The monoisotopic (exact) mass is 492 g/mol. The van der Waals surface area contributed by atoms with E-state index in [2.05, 4.69) is 20.2 Å². The van der Waals surface area contributed by atoms with E-state index in [4.69, 9.17) is 14.5 Å². The summed E-state index contributed by atoms with van der Waals surface area (Å²) in [4.78, 5) is 30.8. The van der Waals surface area contributed by atoms with E-state index in [1.165, 1.54) is 19.3 Å². The van der Waals surface area contributed by atoms with Crippen LogP contribution in [0.3, 0.4) is 0 Å². The summed E-state index contributed by atoms with van der Waals surface area (Å²) < 4.78 is 11.7. The molecule has 10 heteroatoms. The minimum atomic E-state index is -0.611. The first-order valence-corrected chi connectivity index (χ1v) is 12.4. The van der Waals surface area contributed by atoms with Gasteiger partial charge >= 0.3 is 0 Å². The van der Waals surface area contributed by atoms with E-state index < -0.39 is 6.10 Å². The van der Waals surface area contributed by atoms with Crippen LogP contribution in [0.5, 0.6) is 11.5 Å². The summed E-state index contributed by atoms with van der Waals surface area (Å²) in [5, 5.41) is 13.5. The average Bonchev–Trinajstić information content (AvgIpc) is 3.38. The van der Waals surface area contributed by atoms with Crippen LogP contribution in [0.2, 0.25) is 0 Å². The first-order valence-electron chi connectivity index (χ1n) is 12.4. The van der Waals surface area contributed by atoms with Gasteiger partial charge in [0.15, 0.2) is 11.5 Å². The number of aryl methyl sites for hydroxylation is 1. The summed E-state index contributed by atoms with van der Waals surface area (Å²) in [6, 6.07) is 7.18. The third kappa shape index (κ3) is 4.91. The third-order valence-corrected chi connectivity index (χ3v) is 6.68. The number of aliphatic imine (C=N–C) groups is 2. The van der Waals surface area contributed by atoms with Crippen molar-refractivity contribution in [3.05, 3.63) is 47.3 Å². The number of β-amino-alcohol motifs (C(OH)–C–C–N with tert-alkyl or cyclic N) is 1. The highest BCUT2D eigenvalue weighted by atomic mass is 16.5. The van der Waals surface area contributed by atoms with Gasteiger partial charge in [-0.25, -0.2) is 4.99 Å². The molecule has 1 amide bonds. The Bertz CT molecular complexity index is 1190. The summed E-state index contributed by atoms with van der Waals surface area (Å²) in [6.07, 6.45) is 4.64. The van der Waals surface area contributed by atoms with Gasteiger partial charge in [-0.1, -0.05) is 6.42 Å². The average molecular weight is 493 g/mol. The maximum atomic E-state index is 13.0. The van der Waals surface area contributed by atoms with Gasteiger partial charge in [0.2, 0.25) is 5.96 Å². The highest BCUT2D eigenvalue weighted by molar-refractivity contribution is 6.20. The van der Waals surface area contributed by atoms with Gasteiger partial charge < -0.3 is 19.5 Å². The van der Waals surface area contributed by atoms with Crippen LogP contribution in [-0.2, 0) is 0 Å². The number of rotatable bonds is 7. The largest absolute Gasteiger partial charge is 0.491 e. The summed E-state index contributed by atoms with van der Waals surface area (Å²) in [7, 11) is 1.56. The van der Waals surface area contributed by atoms with Crippen LogP contribution in [0.15, 0.2) is 40.4 Å². The second kappa shape index (κ2) is 10.6. The second-order valence-corrected chi connectivity index (χ2v) is 9.20. The van der Waals surface area contributed by atoms with Crippen molar-refractivity contribution in [2.45, 2.75) is 32.3 Å². The normalized spacial score (nSPS) is 18.0. The molecular weight excluding hydrogens is 460 g/mol. The Hall–Kier alpha value is -3.50. The number of likely N-dealkylation sites (tertiary alicyclic amines) is 1. The zero-order valence-corrected chi connectivity index (χ0v) is 20.7. The Balaban J connectivity index is 1.38. The van der Waals surface area contributed by atoms with Crippen molar-refractivity contribution in [2.75, 3.05) is 46.4 Å². The number of aromatic nitrogens is 1. The predicted octanol–water partition coefficient (Wildman–Crippen LogP) is 2.12. The first kappa shape index (κ1) is 24.2. The number of hydrogen-bond donors (Lipinski definition) is 2. The molecule has 0 aliphatic carbocycles. The van der Waals surface area contributed by atoms with Crippen LogP contribution in [0, 0.1) is 6.92 Å². The molecule has 4 heterocycles. The molecule has 3 aliphatic heterocycles. The number of carbonyl (C=O) groups is 1. The van der Waals surface area contributed by atoms with Crippen LogP contribution in [0.4, 0.5) is 5.69 Å². The number of guanidine groups is 1. The molecule has 0 saturated carbocycles. The fourth-order valence-corrected chi connectivity index (χ4v) is 4.87. The van der Waals surface area contributed by atoms with Gasteiger partial charge in [-0.2, -0.15) is 0 Å². The van der Waals surface area contributed by atoms with Crippen LogP contribution in [-0.4, -0.2) is 90.1 Å². The lowest BCUT2D eigenvalue weighted by atomic mass is 10.1. The SMILES string of the molecule is COc1c(OC[C@@H](O)CN2CCCCC2)ccc2c1N=C(NC(=O)c1cccnc1C)N1CCN=C21. The van der Waals surface area contributed by atoms with Crippen LogP contribution >= 0.6 is 0 Å². The van der Waals surface area contributed by atoms with E-state index in [0.717, 1.165) is 24.5 Å². The number of nitrogens with one attached hydrogen (secondary N) is 1. The third-order valence-electron chi connectivity index (χ3n) is 6.68. The number of aliphatic hydroxyl groups excluding tert-OH is 1. The number of aliphatic hydroxyl groups is 1. The quantitative estimate of drug-likeness (QED) is 0.609. The lowest BCUT2D eigenvalue weighted by Gasteiger charge is -2.29. The maximum Gasteiger partial charge on any atom is 0.259 e. The number of piperidine rings is 1. The van der Waals surface area contributed by atoms with E-state index in [1.54, 1.807) is 32.4 Å². The Morgan fingerprint density at radius 2 is 2.03 bits per heavy atom. The van der Waals surface area contributed by atoms with Crippen molar-refractivity contribution >= 4 is 23.4 Å². The fourth-order valence-electron chi connectivity index (χ4n) is 4.87. The molecule has 10 nitrogen and oxygen atoms in total. The minimum absolute atomic E-state index is 0.145. The number of amidine groups is 1. The number of amides is 1. The molecule has 190 valence electrons. The Morgan fingerprint density at radius 1 is 1.19 bits per heavy atom. The summed E-state index contributed by atoms with van der Waals surface area (Å²) >= 11 is 0. The number of hydrogen-bond acceptors (Lipinski definition) is 9. The van der Waals surface area contributed by atoms with Crippen molar-refractivity contribution in [1.82, 2.24) is 20.1 Å². The van der Waals surface area contributed by atoms with Gasteiger partial charge in [-0.3, -0.25) is 25.0 Å². The van der Waals surface area contributed by atoms with Gasteiger partial charge in [0, 0.05) is 30.5 Å². The van der Waals surface area contributed by atoms with E-state index in [1.807, 2.05) is 17.0 Å². The summed E-state index contributed by atoms with van der Waals surface area (Å²) in [6.45, 7) is 5.76. The second-order valence-electron chi connectivity index (χ2n) is 9.20. The molecule has 0 spiro atoms. The predicted molar refractivity (Wildman–Crippen MR) is 136 cm³/mol. The van der Waals surface area contributed by atoms with E-state index >= 15 is 0 Å². The number of carbonyl (C=O) groups excluding carboxylic acids is 1. The van der Waals surface area contributed by atoms with Crippen LogP contribution in [0.25, 0.3) is 0 Å². The number of ether oxygens (including phenoxy) is 2. The van der Waals surface area contributed by atoms with Gasteiger partial charge in [0.1, 0.15) is 24.2 Å². The van der Waals surface area contributed by atoms with E-state index in [-0.39, 0.29) is 12.5 Å². The highest BCUT2D eigenvalue weighted by Gasteiger charge is 2.33. The van der Waals surface area contributed by atoms with Crippen molar-refractivity contribution in [1.29, 1.82) is 0 Å². The molecule has 5 rings (SSSR count). The van der Waals surface area contributed by atoms with Crippen LogP contribution in [0.1, 0.15) is 40.9 Å². The number of methoxy groups -OCH3 is 1. The van der Waals surface area contributed by atoms with Crippen molar-refractivity contribution in [3.8, 4) is 11.5 Å². The van der Waals surface area contributed by atoms with Gasteiger partial charge in [0.25, 0.3) is 5.91 Å². The molecule has 36 heavy (non-hydrogen) atoms. The molecule has 0 bridgehead atoms. The number of nitrogens with zero attached hydrogens (tertiary/aromatic N) is 5.